The zero-order valence-corrected chi connectivity index (χ0v) is 16.4. The summed E-state index contributed by atoms with van der Waals surface area (Å²) in [6, 6.07) is 17.2. The van der Waals surface area contributed by atoms with E-state index in [1.807, 2.05) is 6.07 Å². The Morgan fingerprint density at radius 1 is 1.08 bits per heavy atom. The van der Waals surface area contributed by atoms with Gasteiger partial charge < -0.3 is 10.0 Å². The second-order valence-corrected chi connectivity index (χ2v) is 7.58. The molecule has 26 heavy (non-hydrogen) atoms. The van der Waals surface area contributed by atoms with Crippen LogP contribution in [0.5, 0.6) is 0 Å². The average Bonchev–Trinajstić information content (AvgIpc) is 2.60. The summed E-state index contributed by atoms with van der Waals surface area (Å²) in [5.41, 5.74) is 1.49. The van der Waals surface area contributed by atoms with Gasteiger partial charge in [0.25, 0.3) is 0 Å². The highest BCUT2D eigenvalue weighted by atomic mass is 35.5. The molecule has 3 unspecified atom stereocenters. The third-order valence-electron chi connectivity index (χ3n) is 5.57. The molecule has 0 bridgehead atoms. The van der Waals surface area contributed by atoms with E-state index in [0.717, 1.165) is 31.2 Å². The average molecular weight is 378 g/mol. The molecule has 1 saturated carbocycles. The van der Waals surface area contributed by atoms with Gasteiger partial charge in [0.2, 0.25) is 0 Å². The van der Waals surface area contributed by atoms with Gasteiger partial charge in [-0.15, -0.1) is 12.4 Å². The quantitative estimate of drug-likeness (QED) is 0.791. The van der Waals surface area contributed by atoms with Crippen molar-refractivity contribution in [2.45, 2.75) is 43.7 Å². The summed E-state index contributed by atoms with van der Waals surface area (Å²) >= 11 is 0. The fraction of sp³-hybridized carbons (Fsp3) is 0.455. The molecule has 0 radical (unpaired) electrons. The molecule has 4 heteroatoms. The monoisotopic (exact) mass is 377 g/mol. The zero-order valence-electron chi connectivity index (χ0n) is 15.6. The number of rotatable bonds is 5. The van der Waals surface area contributed by atoms with Crippen molar-refractivity contribution >= 4 is 12.4 Å². The molecule has 1 aliphatic rings. The zero-order chi connectivity index (χ0) is 17.9. The number of hydrogen-bond donors (Lipinski definition) is 1. The Morgan fingerprint density at radius 2 is 1.73 bits per heavy atom. The first-order chi connectivity index (χ1) is 12.0. The van der Waals surface area contributed by atoms with E-state index in [1.165, 1.54) is 17.7 Å². The lowest BCUT2D eigenvalue weighted by molar-refractivity contribution is -0.0770. The number of benzene rings is 2. The first-order valence-electron chi connectivity index (χ1n) is 9.18. The normalized spacial score (nSPS) is 24.1. The second kappa shape index (κ2) is 8.98. The molecule has 0 aliphatic heterocycles. The molecule has 1 fully saturated rings. The number of halogens is 2. The van der Waals surface area contributed by atoms with Gasteiger partial charge in [0.15, 0.2) is 0 Å². The van der Waals surface area contributed by atoms with E-state index in [2.05, 4.69) is 43.3 Å². The lowest BCUT2D eigenvalue weighted by Gasteiger charge is -2.46. The van der Waals surface area contributed by atoms with Crippen molar-refractivity contribution in [1.82, 2.24) is 4.90 Å². The van der Waals surface area contributed by atoms with E-state index in [0.29, 0.717) is 6.42 Å². The molecule has 1 aliphatic carbocycles. The second-order valence-electron chi connectivity index (χ2n) is 7.58. The largest absolute Gasteiger partial charge is 0.389 e. The van der Waals surface area contributed by atoms with Crippen LogP contribution in [0.25, 0.3) is 0 Å². The minimum Gasteiger partial charge on any atom is -0.389 e. The number of nitrogens with zero attached hydrogens (tertiary/aromatic N) is 1. The number of aliphatic hydroxyl groups is 1. The van der Waals surface area contributed by atoms with E-state index in [4.69, 9.17) is 0 Å². The Hall–Kier alpha value is -1.42. The van der Waals surface area contributed by atoms with Crippen LogP contribution in [-0.2, 0) is 6.42 Å². The molecule has 0 saturated heterocycles. The van der Waals surface area contributed by atoms with E-state index in [9.17, 15) is 9.50 Å². The molecule has 142 valence electrons. The summed E-state index contributed by atoms with van der Waals surface area (Å²) in [4.78, 5) is 2.22. The Labute approximate surface area is 162 Å². The van der Waals surface area contributed by atoms with Gasteiger partial charge in [-0.2, -0.15) is 0 Å². The summed E-state index contributed by atoms with van der Waals surface area (Å²) in [5, 5.41) is 11.6. The lowest BCUT2D eigenvalue weighted by atomic mass is 9.67. The minimum absolute atomic E-state index is 0. The number of hydrogen-bond acceptors (Lipinski definition) is 2. The predicted octanol–water partition coefficient (Wildman–Crippen LogP) is 5.01. The molecular weight excluding hydrogens is 349 g/mol. The van der Waals surface area contributed by atoms with Crippen molar-refractivity contribution in [2.75, 3.05) is 14.1 Å². The highest BCUT2D eigenvalue weighted by Gasteiger charge is 2.44. The Morgan fingerprint density at radius 3 is 2.35 bits per heavy atom. The van der Waals surface area contributed by atoms with Crippen LogP contribution in [0, 0.1) is 11.7 Å². The molecule has 0 heterocycles. The van der Waals surface area contributed by atoms with E-state index in [1.54, 1.807) is 12.1 Å². The van der Waals surface area contributed by atoms with E-state index in [-0.39, 0.29) is 30.2 Å². The lowest BCUT2D eigenvalue weighted by Crippen LogP contribution is -2.48. The summed E-state index contributed by atoms with van der Waals surface area (Å²) in [5.74, 6) is -0.0740. The maximum absolute atomic E-state index is 13.2. The fourth-order valence-electron chi connectivity index (χ4n) is 4.42. The van der Waals surface area contributed by atoms with Gasteiger partial charge in [-0.05, 0) is 50.2 Å². The van der Waals surface area contributed by atoms with Gasteiger partial charge in [0.05, 0.1) is 5.60 Å². The van der Waals surface area contributed by atoms with Crippen LogP contribution >= 0.6 is 12.4 Å². The van der Waals surface area contributed by atoms with Crippen molar-refractivity contribution in [3.05, 3.63) is 71.5 Å². The molecule has 2 aromatic carbocycles. The summed E-state index contributed by atoms with van der Waals surface area (Å²) < 4.78 is 13.2. The third-order valence-corrected chi connectivity index (χ3v) is 5.57. The Kier molecular flexibility index (Phi) is 7.22. The van der Waals surface area contributed by atoms with Crippen molar-refractivity contribution < 1.29 is 9.50 Å². The van der Waals surface area contributed by atoms with Crippen LogP contribution in [0.3, 0.4) is 0 Å². The van der Waals surface area contributed by atoms with E-state index < -0.39 is 5.60 Å². The van der Waals surface area contributed by atoms with Gasteiger partial charge >= 0.3 is 0 Å². The van der Waals surface area contributed by atoms with Gasteiger partial charge in [-0.25, -0.2) is 4.39 Å². The first-order valence-corrected chi connectivity index (χ1v) is 9.18. The molecule has 1 N–H and O–H groups in total. The van der Waals surface area contributed by atoms with Crippen molar-refractivity contribution in [2.24, 2.45) is 5.92 Å². The maximum atomic E-state index is 13.2. The summed E-state index contributed by atoms with van der Waals surface area (Å²) in [6.45, 7) is 0. The highest BCUT2D eigenvalue weighted by molar-refractivity contribution is 5.85. The standard InChI is InChI=1S/C22H28FNO.ClH/c1-24(2)21(18-8-4-3-5-9-18)20-10-6-7-15-22(20,25)16-17-11-13-19(23)14-12-17;/h3-5,8-9,11-14,20-21,25H,6-7,10,15-16H2,1-2H3;1H. The highest BCUT2D eigenvalue weighted by Crippen LogP contribution is 2.45. The SMILES string of the molecule is CN(C)C(c1ccccc1)C1CCCCC1(O)Cc1ccc(F)cc1.Cl. The van der Waals surface area contributed by atoms with Crippen LogP contribution in [0.2, 0.25) is 0 Å². The molecule has 2 aromatic rings. The van der Waals surface area contributed by atoms with Gasteiger partial charge in [-0.3, -0.25) is 0 Å². The molecule has 0 spiro atoms. The molecular formula is C22H29ClFNO. The van der Waals surface area contributed by atoms with Gasteiger partial charge in [0, 0.05) is 18.4 Å². The van der Waals surface area contributed by atoms with Crippen LogP contribution in [0.15, 0.2) is 54.6 Å². The Bertz CT molecular complexity index is 676. The molecule has 2 nitrogen and oxygen atoms in total. The van der Waals surface area contributed by atoms with E-state index >= 15 is 0 Å². The van der Waals surface area contributed by atoms with Gasteiger partial charge in [-0.1, -0.05) is 55.3 Å². The predicted molar refractivity (Wildman–Crippen MR) is 107 cm³/mol. The van der Waals surface area contributed by atoms with Crippen LogP contribution in [-0.4, -0.2) is 29.7 Å². The van der Waals surface area contributed by atoms with Crippen molar-refractivity contribution in [3.8, 4) is 0 Å². The third kappa shape index (κ3) is 4.64. The van der Waals surface area contributed by atoms with Gasteiger partial charge in [0.1, 0.15) is 5.82 Å². The maximum Gasteiger partial charge on any atom is 0.123 e. The van der Waals surface area contributed by atoms with Crippen molar-refractivity contribution in [3.63, 3.8) is 0 Å². The Balaban J connectivity index is 0.00000243. The molecule has 3 atom stereocenters. The smallest absolute Gasteiger partial charge is 0.123 e. The topological polar surface area (TPSA) is 23.5 Å². The van der Waals surface area contributed by atoms with Crippen LogP contribution < -0.4 is 0 Å². The first kappa shape index (κ1) is 20.9. The molecule has 0 amide bonds. The fourth-order valence-corrected chi connectivity index (χ4v) is 4.42. The summed E-state index contributed by atoms with van der Waals surface area (Å²) in [7, 11) is 4.18. The minimum atomic E-state index is -0.763. The van der Waals surface area contributed by atoms with Crippen molar-refractivity contribution in [1.29, 1.82) is 0 Å². The van der Waals surface area contributed by atoms with Crippen LogP contribution in [0.4, 0.5) is 4.39 Å². The molecule has 0 aromatic heterocycles. The van der Waals surface area contributed by atoms with Crippen LogP contribution in [0.1, 0.15) is 42.9 Å². The molecule has 3 rings (SSSR count). The summed E-state index contributed by atoms with van der Waals surface area (Å²) in [6.07, 6.45) is 4.58.